The van der Waals surface area contributed by atoms with E-state index in [2.05, 4.69) is 17.6 Å². The van der Waals surface area contributed by atoms with Crippen molar-refractivity contribution >= 4 is 17.5 Å². The number of unbranched alkanes of at least 4 members (excludes halogenated alkanes) is 14. The van der Waals surface area contributed by atoms with Crippen LogP contribution in [0.2, 0.25) is 0 Å². The van der Waals surface area contributed by atoms with Crippen LogP contribution < -0.4 is 10.6 Å². The number of carbonyl (C=O) groups is 2. The summed E-state index contributed by atoms with van der Waals surface area (Å²) in [5, 5.41) is 14.6. The van der Waals surface area contributed by atoms with Crippen molar-refractivity contribution < 1.29 is 14.7 Å². The van der Waals surface area contributed by atoms with E-state index in [9.17, 15) is 14.7 Å². The zero-order chi connectivity index (χ0) is 22.6. The SMILES string of the molecule is CCCCCCCCCCCCCCCCCC(=O)NCC(=O)Nc1ccc(O)cc1. The Balaban J connectivity index is 1.85. The van der Waals surface area contributed by atoms with Crippen molar-refractivity contribution in [1.29, 1.82) is 0 Å². The Labute approximate surface area is 189 Å². The highest BCUT2D eigenvalue weighted by atomic mass is 16.3. The molecule has 0 saturated carbocycles. The topological polar surface area (TPSA) is 78.4 Å². The van der Waals surface area contributed by atoms with Crippen molar-refractivity contribution in [2.75, 3.05) is 11.9 Å². The second-order valence-electron chi connectivity index (χ2n) is 8.57. The molecule has 0 heterocycles. The molecule has 3 N–H and O–H groups in total. The molecular weight excluding hydrogens is 388 g/mol. The van der Waals surface area contributed by atoms with Crippen molar-refractivity contribution in [1.82, 2.24) is 5.32 Å². The summed E-state index contributed by atoms with van der Waals surface area (Å²) in [4.78, 5) is 23.7. The smallest absolute Gasteiger partial charge is 0.243 e. The molecule has 176 valence electrons. The molecule has 0 aromatic heterocycles. The molecular formula is C26H44N2O3. The first-order valence-electron chi connectivity index (χ1n) is 12.5. The van der Waals surface area contributed by atoms with E-state index in [1.807, 2.05) is 0 Å². The molecule has 1 rings (SSSR count). The highest BCUT2D eigenvalue weighted by Crippen LogP contribution is 2.14. The summed E-state index contributed by atoms with van der Waals surface area (Å²) < 4.78 is 0. The fraction of sp³-hybridized carbons (Fsp3) is 0.692. The average Bonchev–Trinajstić information content (AvgIpc) is 2.76. The monoisotopic (exact) mass is 432 g/mol. The fourth-order valence-corrected chi connectivity index (χ4v) is 3.67. The number of benzene rings is 1. The third-order valence-electron chi connectivity index (χ3n) is 5.60. The molecule has 0 unspecified atom stereocenters. The zero-order valence-corrected chi connectivity index (χ0v) is 19.6. The third-order valence-corrected chi connectivity index (χ3v) is 5.60. The molecule has 0 atom stereocenters. The van der Waals surface area contributed by atoms with Crippen LogP contribution in [0.5, 0.6) is 5.75 Å². The minimum absolute atomic E-state index is 0.0293. The van der Waals surface area contributed by atoms with Gasteiger partial charge in [-0.25, -0.2) is 0 Å². The van der Waals surface area contributed by atoms with Crippen molar-refractivity contribution in [2.24, 2.45) is 0 Å². The second-order valence-corrected chi connectivity index (χ2v) is 8.57. The Kier molecular flexibility index (Phi) is 16.3. The molecule has 0 aliphatic carbocycles. The van der Waals surface area contributed by atoms with Gasteiger partial charge in [0.25, 0.3) is 0 Å². The number of hydrogen-bond acceptors (Lipinski definition) is 3. The number of phenolic OH excluding ortho intramolecular Hbond substituents is 1. The zero-order valence-electron chi connectivity index (χ0n) is 19.6. The van der Waals surface area contributed by atoms with Crippen LogP contribution in [0.15, 0.2) is 24.3 Å². The molecule has 0 radical (unpaired) electrons. The van der Waals surface area contributed by atoms with E-state index in [1.54, 1.807) is 12.1 Å². The summed E-state index contributed by atoms with van der Waals surface area (Å²) in [7, 11) is 0. The van der Waals surface area contributed by atoms with Gasteiger partial charge in [-0.3, -0.25) is 9.59 Å². The Morgan fingerprint density at radius 3 is 1.61 bits per heavy atom. The number of hydrogen-bond donors (Lipinski definition) is 3. The predicted octanol–water partition coefficient (Wildman–Crippen LogP) is 6.71. The van der Waals surface area contributed by atoms with Gasteiger partial charge in [-0.1, -0.05) is 96.8 Å². The minimum atomic E-state index is -0.268. The van der Waals surface area contributed by atoms with Gasteiger partial charge >= 0.3 is 0 Å². The van der Waals surface area contributed by atoms with Gasteiger partial charge in [-0.2, -0.15) is 0 Å². The molecule has 0 fully saturated rings. The molecule has 0 spiro atoms. The molecule has 0 aliphatic rings. The van der Waals surface area contributed by atoms with E-state index in [0.717, 1.165) is 12.8 Å². The van der Waals surface area contributed by atoms with Crippen molar-refractivity contribution in [2.45, 2.75) is 110 Å². The Morgan fingerprint density at radius 2 is 1.13 bits per heavy atom. The standard InChI is InChI=1S/C26H44N2O3/c1-2-3-4-5-6-7-8-9-10-11-12-13-14-15-16-17-25(30)27-22-26(31)28-23-18-20-24(29)21-19-23/h18-21,29H,2-17,22H2,1H3,(H,27,30)(H,28,31). The number of phenols is 1. The molecule has 5 heteroatoms. The fourth-order valence-electron chi connectivity index (χ4n) is 3.67. The molecule has 5 nitrogen and oxygen atoms in total. The van der Waals surface area contributed by atoms with Gasteiger partial charge in [0, 0.05) is 12.1 Å². The lowest BCUT2D eigenvalue weighted by atomic mass is 10.0. The van der Waals surface area contributed by atoms with Crippen LogP contribution in [0.4, 0.5) is 5.69 Å². The first-order chi connectivity index (χ1) is 15.1. The Hall–Kier alpha value is -2.04. The van der Waals surface area contributed by atoms with E-state index in [-0.39, 0.29) is 24.1 Å². The summed E-state index contributed by atoms with van der Waals surface area (Å²) in [5.41, 5.74) is 0.597. The first-order valence-corrected chi connectivity index (χ1v) is 12.5. The van der Waals surface area contributed by atoms with Crippen molar-refractivity contribution in [3.8, 4) is 5.75 Å². The average molecular weight is 433 g/mol. The first kappa shape index (κ1) is 27.0. The molecule has 0 aliphatic heterocycles. The number of rotatable bonds is 19. The number of nitrogens with one attached hydrogen (secondary N) is 2. The van der Waals surface area contributed by atoms with E-state index >= 15 is 0 Å². The molecule has 0 bridgehead atoms. The highest BCUT2D eigenvalue weighted by molar-refractivity contribution is 5.94. The molecule has 2 amide bonds. The normalized spacial score (nSPS) is 10.7. The summed E-state index contributed by atoms with van der Waals surface area (Å²) in [5.74, 6) is -0.194. The summed E-state index contributed by atoms with van der Waals surface area (Å²) in [6.07, 6.45) is 20.0. The lowest BCUT2D eigenvalue weighted by Crippen LogP contribution is -2.32. The van der Waals surface area contributed by atoms with Crippen molar-refractivity contribution in [3.05, 3.63) is 24.3 Å². The van der Waals surface area contributed by atoms with Gasteiger partial charge < -0.3 is 15.7 Å². The lowest BCUT2D eigenvalue weighted by Gasteiger charge is -2.07. The summed E-state index contributed by atoms with van der Waals surface area (Å²) >= 11 is 0. The molecule has 31 heavy (non-hydrogen) atoms. The van der Waals surface area contributed by atoms with Crippen LogP contribution in [0.25, 0.3) is 0 Å². The maximum atomic E-state index is 11.9. The van der Waals surface area contributed by atoms with Gasteiger partial charge in [0.1, 0.15) is 5.75 Å². The number of carbonyl (C=O) groups excluding carboxylic acids is 2. The van der Waals surface area contributed by atoms with Gasteiger partial charge in [0.15, 0.2) is 0 Å². The minimum Gasteiger partial charge on any atom is -0.508 e. The maximum absolute atomic E-state index is 11.9. The lowest BCUT2D eigenvalue weighted by molar-refractivity contribution is -0.124. The quantitative estimate of drug-likeness (QED) is 0.168. The highest BCUT2D eigenvalue weighted by Gasteiger charge is 2.06. The summed E-state index contributed by atoms with van der Waals surface area (Å²) in [6, 6.07) is 6.24. The van der Waals surface area contributed by atoms with E-state index in [0.29, 0.717) is 12.1 Å². The van der Waals surface area contributed by atoms with Gasteiger partial charge in [0.2, 0.25) is 11.8 Å². The molecule has 0 saturated heterocycles. The summed E-state index contributed by atoms with van der Waals surface area (Å²) in [6.45, 7) is 2.24. The number of aromatic hydroxyl groups is 1. The van der Waals surface area contributed by atoms with E-state index in [1.165, 1.54) is 95.6 Å². The number of amides is 2. The second kappa shape index (κ2) is 18.7. The van der Waals surface area contributed by atoms with Crippen LogP contribution in [-0.4, -0.2) is 23.5 Å². The van der Waals surface area contributed by atoms with Crippen LogP contribution >= 0.6 is 0 Å². The van der Waals surface area contributed by atoms with Crippen LogP contribution in [0.3, 0.4) is 0 Å². The maximum Gasteiger partial charge on any atom is 0.243 e. The Bertz CT molecular complexity index is 587. The number of anilines is 1. The molecule has 1 aromatic carbocycles. The van der Waals surface area contributed by atoms with Gasteiger partial charge in [0.05, 0.1) is 6.54 Å². The third kappa shape index (κ3) is 16.3. The van der Waals surface area contributed by atoms with Crippen LogP contribution in [0, 0.1) is 0 Å². The molecule has 1 aromatic rings. The van der Waals surface area contributed by atoms with E-state index in [4.69, 9.17) is 0 Å². The Morgan fingerprint density at radius 1 is 0.677 bits per heavy atom. The predicted molar refractivity (Wildman–Crippen MR) is 129 cm³/mol. The van der Waals surface area contributed by atoms with Crippen LogP contribution in [-0.2, 0) is 9.59 Å². The largest absolute Gasteiger partial charge is 0.508 e. The van der Waals surface area contributed by atoms with E-state index < -0.39 is 0 Å². The van der Waals surface area contributed by atoms with Gasteiger partial charge in [-0.15, -0.1) is 0 Å². The van der Waals surface area contributed by atoms with Crippen molar-refractivity contribution in [3.63, 3.8) is 0 Å². The van der Waals surface area contributed by atoms with Crippen LogP contribution in [0.1, 0.15) is 110 Å². The van der Waals surface area contributed by atoms with Gasteiger partial charge in [-0.05, 0) is 30.7 Å².